The zero-order valence-electron chi connectivity index (χ0n) is 10.8. The number of carbonyl (C=O) groups is 3. The van der Waals surface area contributed by atoms with Gasteiger partial charge in [-0.15, -0.1) is 0 Å². The molecule has 0 saturated carbocycles. The van der Waals surface area contributed by atoms with E-state index in [0.29, 0.717) is 11.3 Å². The lowest BCUT2D eigenvalue weighted by molar-refractivity contribution is -0.143. The first-order valence-corrected chi connectivity index (χ1v) is 5.84. The molecule has 6 heteroatoms. The monoisotopic (exact) mass is 261 g/mol. The van der Waals surface area contributed by atoms with Gasteiger partial charge in [0, 0.05) is 11.3 Å². The van der Waals surface area contributed by atoms with Crippen LogP contribution in [-0.2, 0) is 9.59 Å². The summed E-state index contributed by atoms with van der Waals surface area (Å²) in [6.45, 7) is 3.05. The number of hydrogen-bond donors (Lipinski definition) is 2. The molecule has 6 nitrogen and oxygen atoms in total. The number of benzene rings is 1. The molecule has 0 bridgehead atoms. The van der Waals surface area contributed by atoms with E-state index < -0.39 is 17.4 Å². The summed E-state index contributed by atoms with van der Waals surface area (Å²) >= 11 is 0. The van der Waals surface area contributed by atoms with E-state index in [1.54, 1.807) is 32.0 Å². The summed E-state index contributed by atoms with van der Waals surface area (Å²) in [5.41, 5.74) is 5.37. The second-order valence-corrected chi connectivity index (χ2v) is 4.95. The first kappa shape index (κ1) is 13.1. The number of nitrogens with one attached hydrogen (secondary N) is 1. The van der Waals surface area contributed by atoms with Gasteiger partial charge >= 0.3 is 0 Å². The largest absolute Gasteiger partial charge is 0.399 e. The van der Waals surface area contributed by atoms with E-state index in [1.807, 2.05) is 0 Å². The maximum atomic E-state index is 12.4. The lowest BCUT2D eigenvalue weighted by atomic mass is 9.97. The van der Waals surface area contributed by atoms with Gasteiger partial charge in [-0.3, -0.25) is 19.7 Å². The summed E-state index contributed by atoms with van der Waals surface area (Å²) in [6, 6.07) is 6.44. The van der Waals surface area contributed by atoms with Crippen molar-refractivity contribution in [2.24, 2.45) is 0 Å². The summed E-state index contributed by atoms with van der Waals surface area (Å²) in [7, 11) is 0. The van der Waals surface area contributed by atoms with Crippen LogP contribution in [0.3, 0.4) is 0 Å². The Morgan fingerprint density at radius 1 is 1.37 bits per heavy atom. The average molecular weight is 261 g/mol. The van der Waals surface area contributed by atoms with Gasteiger partial charge < -0.3 is 10.6 Å². The van der Waals surface area contributed by atoms with Crippen molar-refractivity contribution in [1.82, 2.24) is 10.2 Å². The predicted octanol–water partition coefficient (Wildman–Crippen LogP) is 0.146. The first-order valence-electron chi connectivity index (χ1n) is 5.84. The van der Waals surface area contributed by atoms with Crippen LogP contribution >= 0.6 is 0 Å². The number of imide groups is 1. The Bertz CT molecular complexity index is 566. The lowest BCUT2D eigenvalue weighted by Gasteiger charge is -2.40. The molecule has 19 heavy (non-hydrogen) atoms. The van der Waals surface area contributed by atoms with Gasteiger partial charge in [-0.25, -0.2) is 0 Å². The van der Waals surface area contributed by atoms with E-state index in [-0.39, 0.29) is 12.5 Å². The Morgan fingerprint density at radius 3 is 2.68 bits per heavy atom. The number of carbonyl (C=O) groups excluding carboxylic acids is 3. The molecule has 0 radical (unpaired) electrons. The van der Waals surface area contributed by atoms with E-state index in [1.165, 1.54) is 11.0 Å². The highest BCUT2D eigenvalue weighted by Gasteiger charge is 2.43. The van der Waals surface area contributed by atoms with Crippen LogP contribution in [-0.4, -0.2) is 34.7 Å². The number of piperazine rings is 1. The minimum atomic E-state index is -1.07. The Kier molecular flexibility index (Phi) is 3.01. The number of nitrogen functional groups attached to an aromatic ring is 1. The Balaban J connectivity index is 2.36. The van der Waals surface area contributed by atoms with Gasteiger partial charge in [0.05, 0.1) is 0 Å². The average Bonchev–Trinajstić information content (AvgIpc) is 2.33. The van der Waals surface area contributed by atoms with Gasteiger partial charge in [0.15, 0.2) is 0 Å². The highest BCUT2D eigenvalue weighted by molar-refractivity contribution is 6.09. The molecule has 1 aromatic carbocycles. The first-order chi connectivity index (χ1) is 8.82. The van der Waals surface area contributed by atoms with Crippen LogP contribution in [0.15, 0.2) is 24.3 Å². The van der Waals surface area contributed by atoms with Crippen LogP contribution in [0.5, 0.6) is 0 Å². The van der Waals surface area contributed by atoms with E-state index in [4.69, 9.17) is 5.73 Å². The number of amides is 3. The van der Waals surface area contributed by atoms with Crippen LogP contribution in [0, 0.1) is 0 Å². The SMILES string of the molecule is CC1(C)C(=O)NC(=O)CN1C(=O)c1cccc(N)c1. The lowest BCUT2D eigenvalue weighted by Crippen LogP contribution is -2.65. The fraction of sp³-hybridized carbons (Fsp3) is 0.308. The van der Waals surface area contributed by atoms with Gasteiger partial charge in [-0.2, -0.15) is 0 Å². The van der Waals surface area contributed by atoms with Crippen molar-refractivity contribution in [3.05, 3.63) is 29.8 Å². The molecule has 0 spiro atoms. The van der Waals surface area contributed by atoms with Crippen LogP contribution in [0.1, 0.15) is 24.2 Å². The quantitative estimate of drug-likeness (QED) is 0.556. The zero-order chi connectivity index (χ0) is 14.2. The third-order valence-electron chi connectivity index (χ3n) is 3.16. The van der Waals surface area contributed by atoms with Crippen LogP contribution in [0.25, 0.3) is 0 Å². The molecule has 0 atom stereocenters. The molecular weight excluding hydrogens is 246 g/mol. The standard InChI is InChI=1S/C13H15N3O3/c1-13(2)12(19)15-10(17)7-16(13)11(18)8-4-3-5-9(14)6-8/h3-6H,7,14H2,1-2H3,(H,15,17,19). The number of rotatable bonds is 1. The van der Waals surface area contributed by atoms with Crippen LogP contribution in [0.2, 0.25) is 0 Å². The van der Waals surface area contributed by atoms with Crippen molar-refractivity contribution >= 4 is 23.4 Å². The van der Waals surface area contributed by atoms with E-state index in [0.717, 1.165) is 0 Å². The van der Waals surface area contributed by atoms with Gasteiger partial charge in [-0.05, 0) is 32.0 Å². The molecule has 0 aliphatic carbocycles. The zero-order valence-corrected chi connectivity index (χ0v) is 10.8. The van der Waals surface area contributed by atoms with Gasteiger partial charge in [-0.1, -0.05) is 6.07 Å². The highest BCUT2D eigenvalue weighted by atomic mass is 16.2. The molecule has 1 aliphatic heterocycles. The maximum Gasteiger partial charge on any atom is 0.255 e. The third kappa shape index (κ3) is 2.29. The van der Waals surface area contributed by atoms with E-state index >= 15 is 0 Å². The van der Waals surface area contributed by atoms with Gasteiger partial charge in [0.1, 0.15) is 12.1 Å². The molecule has 1 aliphatic rings. The molecule has 2 rings (SSSR count). The van der Waals surface area contributed by atoms with Crippen molar-refractivity contribution in [2.75, 3.05) is 12.3 Å². The van der Waals surface area contributed by atoms with Gasteiger partial charge in [0.25, 0.3) is 11.8 Å². The molecule has 3 N–H and O–H groups in total. The summed E-state index contributed by atoms with van der Waals surface area (Å²) in [5, 5.41) is 2.22. The molecule has 3 amide bonds. The van der Waals surface area contributed by atoms with Crippen LogP contribution < -0.4 is 11.1 Å². The molecule has 1 heterocycles. The second-order valence-electron chi connectivity index (χ2n) is 4.95. The molecule has 1 fully saturated rings. The Morgan fingerprint density at radius 2 is 2.05 bits per heavy atom. The Hall–Kier alpha value is -2.37. The maximum absolute atomic E-state index is 12.4. The normalized spacial score (nSPS) is 18.1. The number of hydrogen-bond acceptors (Lipinski definition) is 4. The molecular formula is C13H15N3O3. The summed E-state index contributed by atoms with van der Waals surface area (Å²) in [4.78, 5) is 36.9. The fourth-order valence-corrected chi connectivity index (χ4v) is 1.94. The van der Waals surface area contributed by atoms with Gasteiger partial charge in [0.2, 0.25) is 5.91 Å². The molecule has 1 aromatic rings. The minimum Gasteiger partial charge on any atom is -0.399 e. The summed E-state index contributed by atoms with van der Waals surface area (Å²) in [5.74, 6) is -1.36. The molecule has 0 aromatic heterocycles. The topological polar surface area (TPSA) is 92.5 Å². The second kappa shape index (κ2) is 4.38. The number of nitrogens with zero attached hydrogens (tertiary/aromatic N) is 1. The summed E-state index contributed by atoms with van der Waals surface area (Å²) < 4.78 is 0. The fourth-order valence-electron chi connectivity index (χ4n) is 1.94. The van der Waals surface area contributed by atoms with Crippen molar-refractivity contribution < 1.29 is 14.4 Å². The van der Waals surface area contributed by atoms with E-state index in [9.17, 15) is 14.4 Å². The van der Waals surface area contributed by atoms with Crippen LogP contribution in [0.4, 0.5) is 5.69 Å². The third-order valence-corrected chi connectivity index (χ3v) is 3.16. The molecule has 0 unspecified atom stereocenters. The predicted molar refractivity (Wildman–Crippen MR) is 69.1 cm³/mol. The minimum absolute atomic E-state index is 0.146. The summed E-state index contributed by atoms with van der Waals surface area (Å²) in [6.07, 6.45) is 0. The Labute approximate surface area is 110 Å². The molecule has 1 saturated heterocycles. The van der Waals surface area contributed by atoms with E-state index in [2.05, 4.69) is 5.32 Å². The smallest absolute Gasteiger partial charge is 0.255 e. The molecule has 100 valence electrons. The van der Waals surface area contributed by atoms with Crippen molar-refractivity contribution in [3.63, 3.8) is 0 Å². The van der Waals surface area contributed by atoms with Crippen molar-refractivity contribution in [1.29, 1.82) is 0 Å². The number of anilines is 1. The van der Waals surface area contributed by atoms with Crippen molar-refractivity contribution in [2.45, 2.75) is 19.4 Å². The van der Waals surface area contributed by atoms with Crippen molar-refractivity contribution in [3.8, 4) is 0 Å². The number of nitrogens with two attached hydrogens (primary N) is 1. The highest BCUT2D eigenvalue weighted by Crippen LogP contribution is 2.21.